The Hall–Kier alpha value is -0.990. The monoisotopic (exact) mass is 126 g/mol. The first-order valence-corrected chi connectivity index (χ1v) is 2.96. The standard InChI is InChI=1S/C6H10N2O/c7-5(3-6(8)9)4-1-2-4/h3-4H,1-2,7H2,(H2,8,9). The molecule has 1 fully saturated rings. The molecule has 1 aliphatic rings. The Labute approximate surface area is 53.7 Å². The third kappa shape index (κ3) is 1.76. The second-order valence-corrected chi connectivity index (χ2v) is 2.32. The maximum absolute atomic E-state index is 10.2. The zero-order chi connectivity index (χ0) is 6.85. The van der Waals surface area contributed by atoms with E-state index >= 15 is 0 Å². The maximum Gasteiger partial charge on any atom is 0.243 e. The van der Waals surface area contributed by atoms with E-state index in [1.807, 2.05) is 0 Å². The van der Waals surface area contributed by atoms with E-state index in [2.05, 4.69) is 0 Å². The van der Waals surface area contributed by atoms with E-state index in [1.165, 1.54) is 6.08 Å². The van der Waals surface area contributed by atoms with Crippen LogP contribution in [0.1, 0.15) is 12.8 Å². The van der Waals surface area contributed by atoms with Gasteiger partial charge >= 0.3 is 0 Å². The molecule has 0 bridgehead atoms. The van der Waals surface area contributed by atoms with Gasteiger partial charge in [-0.15, -0.1) is 0 Å². The number of primary amides is 1. The summed E-state index contributed by atoms with van der Waals surface area (Å²) in [5.41, 5.74) is 10.9. The Morgan fingerprint density at radius 2 is 2.00 bits per heavy atom. The van der Waals surface area contributed by atoms with Gasteiger partial charge in [0.2, 0.25) is 5.91 Å². The molecule has 1 rings (SSSR count). The first kappa shape index (κ1) is 6.13. The van der Waals surface area contributed by atoms with Gasteiger partial charge in [0.05, 0.1) is 0 Å². The fourth-order valence-corrected chi connectivity index (χ4v) is 0.699. The maximum atomic E-state index is 10.2. The largest absolute Gasteiger partial charge is 0.402 e. The van der Waals surface area contributed by atoms with Crippen LogP contribution in [-0.2, 0) is 4.79 Å². The zero-order valence-corrected chi connectivity index (χ0v) is 5.13. The summed E-state index contributed by atoms with van der Waals surface area (Å²) in [7, 11) is 0. The van der Waals surface area contributed by atoms with Crippen molar-refractivity contribution in [2.24, 2.45) is 17.4 Å². The molecule has 50 valence electrons. The van der Waals surface area contributed by atoms with Crippen molar-refractivity contribution in [3.8, 4) is 0 Å². The molecule has 0 aromatic heterocycles. The van der Waals surface area contributed by atoms with Crippen molar-refractivity contribution in [1.82, 2.24) is 0 Å². The fraction of sp³-hybridized carbons (Fsp3) is 0.500. The molecule has 1 aliphatic carbocycles. The molecule has 0 aromatic carbocycles. The van der Waals surface area contributed by atoms with Gasteiger partial charge in [-0.25, -0.2) is 0 Å². The molecule has 3 heteroatoms. The highest BCUT2D eigenvalue weighted by atomic mass is 16.1. The number of allylic oxidation sites excluding steroid dienone is 1. The molecule has 0 heterocycles. The molecule has 0 aliphatic heterocycles. The van der Waals surface area contributed by atoms with Crippen molar-refractivity contribution in [3.05, 3.63) is 11.8 Å². The minimum Gasteiger partial charge on any atom is -0.402 e. The summed E-state index contributed by atoms with van der Waals surface area (Å²) in [5.74, 6) is -0.00287. The fourth-order valence-electron chi connectivity index (χ4n) is 0.699. The molecular formula is C6H10N2O. The minimum absolute atomic E-state index is 0.442. The lowest BCUT2D eigenvalue weighted by Gasteiger charge is -1.91. The van der Waals surface area contributed by atoms with Gasteiger partial charge in [0.15, 0.2) is 0 Å². The van der Waals surface area contributed by atoms with Gasteiger partial charge in [0, 0.05) is 11.8 Å². The molecular weight excluding hydrogens is 116 g/mol. The van der Waals surface area contributed by atoms with Crippen LogP contribution in [0.25, 0.3) is 0 Å². The summed E-state index contributed by atoms with van der Waals surface area (Å²) < 4.78 is 0. The lowest BCUT2D eigenvalue weighted by atomic mass is 10.3. The van der Waals surface area contributed by atoms with E-state index in [0.717, 1.165) is 12.8 Å². The number of carbonyl (C=O) groups is 1. The van der Waals surface area contributed by atoms with E-state index in [1.54, 1.807) is 0 Å². The van der Waals surface area contributed by atoms with Gasteiger partial charge in [-0.05, 0) is 18.8 Å². The number of nitrogens with two attached hydrogens (primary N) is 2. The summed E-state index contributed by atoms with van der Waals surface area (Å²) in [4.78, 5) is 10.2. The normalized spacial score (nSPS) is 19.8. The van der Waals surface area contributed by atoms with Crippen LogP contribution in [0.2, 0.25) is 0 Å². The highest BCUT2D eigenvalue weighted by Crippen LogP contribution is 2.33. The van der Waals surface area contributed by atoms with Crippen LogP contribution in [0.4, 0.5) is 0 Å². The third-order valence-corrected chi connectivity index (χ3v) is 1.36. The van der Waals surface area contributed by atoms with E-state index in [0.29, 0.717) is 11.6 Å². The molecule has 0 spiro atoms. The number of carbonyl (C=O) groups excluding carboxylic acids is 1. The van der Waals surface area contributed by atoms with Gasteiger partial charge in [0.1, 0.15) is 0 Å². The summed E-state index contributed by atoms with van der Waals surface area (Å²) >= 11 is 0. The molecule has 0 unspecified atom stereocenters. The number of amides is 1. The molecule has 3 nitrogen and oxygen atoms in total. The predicted octanol–water partition coefficient (Wildman–Crippen LogP) is -0.276. The molecule has 9 heavy (non-hydrogen) atoms. The second-order valence-electron chi connectivity index (χ2n) is 2.32. The molecule has 0 aromatic rings. The van der Waals surface area contributed by atoms with Gasteiger partial charge in [-0.2, -0.15) is 0 Å². The van der Waals surface area contributed by atoms with Crippen LogP contribution in [0, 0.1) is 5.92 Å². The van der Waals surface area contributed by atoms with Crippen molar-refractivity contribution in [2.75, 3.05) is 0 Å². The van der Waals surface area contributed by atoms with E-state index in [-0.39, 0.29) is 0 Å². The van der Waals surface area contributed by atoms with Crippen LogP contribution in [0.15, 0.2) is 11.8 Å². The van der Waals surface area contributed by atoms with Gasteiger partial charge in [-0.3, -0.25) is 4.79 Å². The van der Waals surface area contributed by atoms with Crippen molar-refractivity contribution in [3.63, 3.8) is 0 Å². The van der Waals surface area contributed by atoms with Crippen molar-refractivity contribution in [2.45, 2.75) is 12.8 Å². The Balaban J connectivity index is 2.47. The Kier molecular flexibility index (Phi) is 1.42. The Morgan fingerprint density at radius 1 is 1.44 bits per heavy atom. The van der Waals surface area contributed by atoms with E-state index in [9.17, 15) is 4.79 Å². The summed E-state index contributed by atoms with van der Waals surface area (Å²) in [6, 6.07) is 0. The molecule has 1 amide bonds. The van der Waals surface area contributed by atoms with Crippen molar-refractivity contribution < 1.29 is 4.79 Å². The van der Waals surface area contributed by atoms with Gasteiger partial charge < -0.3 is 11.5 Å². The number of hydrogen-bond donors (Lipinski definition) is 2. The zero-order valence-electron chi connectivity index (χ0n) is 5.13. The second kappa shape index (κ2) is 2.09. The Bertz CT molecular complexity index is 158. The molecule has 0 radical (unpaired) electrons. The first-order valence-electron chi connectivity index (χ1n) is 2.96. The summed E-state index contributed by atoms with van der Waals surface area (Å²) in [6.45, 7) is 0. The Morgan fingerprint density at radius 3 is 2.33 bits per heavy atom. The van der Waals surface area contributed by atoms with Crippen LogP contribution >= 0.6 is 0 Å². The topological polar surface area (TPSA) is 69.1 Å². The van der Waals surface area contributed by atoms with Crippen LogP contribution in [0.3, 0.4) is 0 Å². The smallest absolute Gasteiger partial charge is 0.243 e. The van der Waals surface area contributed by atoms with Crippen molar-refractivity contribution in [1.29, 1.82) is 0 Å². The lowest BCUT2D eigenvalue weighted by molar-refractivity contribution is -0.113. The number of rotatable bonds is 2. The van der Waals surface area contributed by atoms with Crippen LogP contribution in [0.5, 0.6) is 0 Å². The average Bonchev–Trinajstić information content (AvgIpc) is 2.40. The highest BCUT2D eigenvalue weighted by molar-refractivity contribution is 5.86. The summed E-state index contributed by atoms with van der Waals surface area (Å²) in [5, 5.41) is 0. The van der Waals surface area contributed by atoms with Crippen LogP contribution < -0.4 is 11.5 Å². The predicted molar refractivity (Wildman–Crippen MR) is 34.2 cm³/mol. The van der Waals surface area contributed by atoms with Gasteiger partial charge in [0.25, 0.3) is 0 Å². The van der Waals surface area contributed by atoms with E-state index < -0.39 is 5.91 Å². The summed E-state index contributed by atoms with van der Waals surface area (Å²) in [6.07, 6.45) is 3.52. The van der Waals surface area contributed by atoms with Crippen LogP contribution in [-0.4, -0.2) is 5.91 Å². The third-order valence-electron chi connectivity index (χ3n) is 1.36. The molecule has 4 N–H and O–H groups in total. The number of hydrogen-bond acceptors (Lipinski definition) is 2. The van der Waals surface area contributed by atoms with Gasteiger partial charge in [-0.1, -0.05) is 0 Å². The van der Waals surface area contributed by atoms with Crippen molar-refractivity contribution >= 4 is 5.91 Å². The first-order chi connectivity index (χ1) is 4.20. The minimum atomic E-state index is -0.445. The average molecular weight is 126 g/mol. The molecule has 0 saturated heterocycles. The van der Waals surface area contributed by atoms with E-state index in [4.69, 9.17) is 11.5 Å². The highest BCUT2D eigenvalue weighted by Gasteiger charge is 2.23. The molecule has 0 atom stereocenters. The quantitative estimate of drug-likeness (QED) is 0.500. The lowest BCUT2D eigenvalue weighted by Crippen LogP contribution is -2.11. The SMILES string of the molecule is NC(=O)C=C(N)C1CC1. The molecule has 1 saturated carbocycles.